The molecule has 1 rings (SSSR count). The van der Waals surface area contributed by atoms with E-state index in [1.54, 1.807) is 24.4 Å². The minimum Gasteiger partial charge on any atom is -0.268 e. The first kappa shape index (κ1) is 8.42. The summed E-state index contributed by atoms with van der Waals surface area (Å²) in [6, 6.07) is 5.13. The molecule has 0 fully saturated rings. The van der Waals surface area contributed by atoms with Crippen molar-refractivity contribution in [1.82, 2.24) is 4.98 Å². The molecule has 62 valence electrons. The number of carbonyl (C=O) groups excluding carboxylic acids is 1. The van der Waals surface area contributed by atoms with Gasteiger partial charge in [-0.2, -0.15) is 0 Å². The van der Waals surface area contributed by atoms with E-state index in [1.165, 1.54) is 0 Å². The van der Waals surface area contributed by atoms with E-state index in [-0.39, 0.29) is 5.91 Å². The van der Waals surface area contributed by atoms with Crippen molar-refractivity contribution in [1.29, 1.82) is 0 Å². The van der Waals surface area contributed by atoms with Gasteiger partial charge >= 0.3 is 0 Å². The molecule has 0 saturated carbocycles. The predicted octanol–water partition coefficient (Wildman–Crippen LogP) is 0.474. The number of hydrazine groups is 1. The van der Waals surface area contributed by atoms with Crippen LogP contribution in [-0.2, 0) is 4.79 Å². The van der Waals surface area contributed by atoms with Crippen molar-refractivity contribution in [2.75, 3.05) is 5.01 Å². The molecule has 1 heterocycles. The van der Waals surface area contributed by atoms with Crippen LogP contribution < -0.4 is 10.9 Å². The average molecular weight is 163 g/mol. The highest BCUT2D eigenvalue weighted by molar-refractivity contribution is 5.99. The number of pyridine rings is 1. The van der Waals surface area contributed by atoms with E-state index < -0.39 is 0 Å². The van der Waals surface area contributed by atoms with Crippen LogP contribution in [0.4, 0.5) is 5.82 Å². The van der Waals surface area contributed by atoms with Gasteiger partial charge in [0, 0.05) is 6.20 Å². The largest absolute Gasteiger partial charge is 0.268 e. The molecule has 0 unspecified atom stereocenters. The van der Waals surface area contributed by atoms with Crippen LogP contribution in [0, 0.1) is 0 Å². The van der Waals surface area contributed by atoms with Crippen molar-refractivity contribution >= 4 is 11.7 Å². The highest BCUT2D eigenvalue weighted by Crippen LogP contribution is 2.04. The molecule has 0 aliphatic rings. The van der Waals surface area contributed by atoms with Crippen molar-refractivity contribution < 1.29 is 4.79 Å². The maximum absolute atomic E-state index is 11.0. The Morgan fingerprint density at radius 2 is 2.42 bits per heavy atom. The highest BCUT2D eigenvalue weighted by Gasteiger charge is 2.06. The van der Waals surface area contributed by atoms with E-state index in [0.717, 1.165) is 11.1 Å². The Balaban J connectivity index is 2.85. The van der Waals surface area contributed by atoms with Gasteiger partial charge in [0.1, 0.15) is 5.82 Å². The monoisotopic (exact) mass is 163 g/mol. The molecular formula is C8H9N3O. The minimum absolute atomic E-state index is 0.381. The van der Waals surface area contributed by atoms with Gasteiger partial charge in [-0.1, -0.05) is 12.6 Å². The molecule has 4 nitrogen and oxygen atoms in total. The summed E-state index contributed by atoms with van der Waals surface area (Å²) in [5.41, 5.74) is 0. The van der Waals surface area contributed by atoms with Gasteiger partial charge in [0.05, 0.1) is 0 Å². The fourth-order valence-electron chi connectivity index (χ4n) is 0.707. The Labute approximate surface area is 70.3 Å². The lowest BCUT2D eigenvalue weighted by Crippen LogP contribution is -2.36. The van der Waals surface area contributed by atoms with Gasteiger partial charge in [0.15, 0.2) is 0 Å². The molecule has 2 N–H and O–H groups in total. The number of nitrogens with zero attached hydrogens (tertiary/aromatic N) is 2. The summed E-state index contributed by atoms with van der Waals surface area (Å²) in [7, 11) is 0. The second kappa shape index (κ2) is 3.64. The first-order chi connectivity index (χ1) is 5.75. The number of nitrogens with two attached hydrogens (primary N) is 1. The number of amides is 1. The second-order valence-electron chi connectivity index (χ2n) is 2.10. The van der Waals surface area contributed by atoms with E-state index >= 15 is 0 Å². The zero-order valence-electron chi connectivity index (χ0n) is 6.47. The predicted molar refractivity (Wildman–Crippen MR) is 46.1 cm³/mol. The number of hydrogen-bond acceptors (Lipinski definition) is 3. The topological polar surface area (TPSA) is 59.2 Å². The minimum atomic E-state index is -0.381. The first-order valence-electron chi connectivity index (χ1n) is 3.38. The van der Waals surface area contributed by atoms with Gasteiger partial charge in [-0.15, -0.1) is 0 Å². The van der Waals surface area contributed by atoms with E-state index in [2.05, 4.69) is 11.6 Å². The lowest BCUT2D eigenvalue weighted by atomic mass is 10.4. The first-order valence-corrected chi connectivity index (χ1v) is 3.38. The fraction of sp³-hybridized carbons (Fsp3) is 0. The molecule has 1 amide bonds. The molecule has 4 heteroatoms. The number of carbonyl (C=O) groups is 1. The van der Waals surface area contributed by atoms with Crippen LogP contribution >= 0.6 is 0 Å². The standard InChI is InChI=1S/C8H9N3O/c1-2-8(12)11(9)7-5-3-4-6-10-7/h2-6H,1,9H2. The fourth-order valence-corrected chi connectivity index (χ4v) is 0.707. The van der Waals surface area contributed by atoms with Crippen LogP contribution in [0.15, 0.2) is 37.1 Å². The van der Waals surface area contributed by atoms with Gasteiger partial charge < -0.3 is 0 Å². The Kier molecular flexibility index (Phi) is 2.55. The Morgan fingerprint density at radius 1 is 1.67 bits per heavy atom. The molecule has 0 saturated heterocycles. The van der Waals surface area contributed by atoms with E-state index in [0.29, 0.717) is 5.82 Å². The van der Waals surface area contributed by atoms with Crippen molar-refractivity contribution in [2.24, 2.45) is 5.84 Å². The molecule has 0 spiro atoms. The SMILES string of the molecule is C=CC(=O)N(N)c1ccccn1. The number of hydrogen-bond donors (Lipinski definition) is 1. The maximum Gasteiger partial charge on any atom is 0.265 e. The summed E-state index contributed by atoms with van der Waals surface area (Å²) in [5.74, 6) is 5.42. The van der Waals surface area contributed by atoms with E-state index in [9.17, 15) is 4.79 Å². The molecule has 12 heavy (non-hydrogen) atoms. The van der Waals surface area contributed by atoms with Crippen molar-refractivity contribution in [3.8, 4) is 0 Å². The molecule has 0 aliphatic carbocycles. The maximum atomic E-state index is 11.0. The summed E-state index contributed by atoms with van der Waals surface area (Å²) in [4.78, 5) is 14.8. The molecule has 0 aromatic carbocycles. The average Bonchev–Trinajstić information content (AvgIpc) is 2.17. The zero-order chi connectivity index (χ0) is 8.97. The third-order valence-corrected chi connectivity index (χ3v) is 1.31. The smallest absolute Gasteiger partial charge is 0.265 e. The quantitative estimate of drug-likeness (QED) is 0.298. The van der Waals surface area contributed by atoms with Crippen LogP contribution in [0.5, 0.6) is 0 Å². The van der Waals surface area contributed by atoms with Gasteiger partial charge in [-0.3, -0.25) is 4.79 Å². The third kappa shape index (κ3) is 1.67. The van der Waals surface area contributed by atoms with Crippen LogP contribution in [0.25, 0.3) is 0 Å². The van der Waals surface area contributed by atoms with Gasteiger partial charge in [-0.05, 0) is 18.2 Å². The molecule has 0 bridgehead atoms. The van der Waals surface area contributed by atoms with Gasteiger partial charge in [0.25, 0.3) is 5.91 Å². The number of rotatable bonds is 2. The zero-order valence-corrected chi connectivity index (χ0v) is 6.47. The summed E-state index contributed by atoms with van der Waals surface area (Å²) < 4.78 is 0. The number of aromatic nitrogens is 1. The molecule has 0 radical (unpaired) electrons. The highest BCUT2D eigenvalue weighted by atomic mass is 16.2. The normalized spacial score (nSPS) is 9.08. The molecule has 1 aromatic rings. The summed E-state index contributed by atoms with van der Waals surface area (Å²) in [5, 5.41) is 0.937. The Bertz CT molecular complexity index is 284. The van der Waals surface area contributed by atoms with Crippen LogP contribution in [0.3, 0.4) is 0 Å². The van der Waals surface area contributed by atoms with Crippen LogP contribution in [0.2, 0.25) is 0 Å². The number of anilines is 1. The van der Waals surface area contributed by atoms with Crippen molar-refractivity contribution in [3.05, 3.63) is 37.1 Å². The van der Waals surface area contributed by atoms with Crippen molar-refractivity contribution in [2.45, 2.75) is 0 Å². The Morgan fingerprint density at radius 3 is 2.92 bits per heavy atom. The van der Waals surface area contributed by atoms with E-state index in [4.69, 9.17) is 5.84 Å². The lowest BCUT2D eigenvalue weighted by molar-refractivity contribution is -0.114. The summed E-state index contributed by atoms with van der Waals surface area (Å²) in [6.07, 6.45) is 2.69. The molecule has 0 atom stereocenters. The lowest BCUT2D eigenvalue weighted by Gasteiger charge is -2.11. The summed E-state index contributed by atoms with van der Waals surface area (Å²) in [6.45, 7) is 3.31. The molecule has 1 aromatic heterocycles. The Hall–Kier alpha value is -1.68. The summed E-state index contributed by atoms with van der Waals surface area (Å²) >= 11 is 0. The van der Waals surface area contributed by atoms with Crippen molar-refractivity contribution in [3.63, 3.8) is 0 Å². The van der Waals surface area contributed by atoms with Gasteiger partial charge in [0.2, 0.25) is 0 Å². The second-order valence-corrected chi connectivity index (χ2v) is 2.10. The van der Waals surface area contributed by atoms with Crippen LogP contribution in [-0.4, -0.2) is 10.9 Å². The molecule has 0 aliphatic heterocycles. The van der Waals surface area contributed by atoms with Crippen LogP contribution in [0.1, 0.15) is 0 Å². The molecular weight excluding hydrogens is 154 g/mol. The third-order valence-electron chi connectivity index (χ3n) is 1.31. The van der Waals surface area contributed by atoms with E-state index in [1.807, 2.05) is 0 Å². The van der Waals surface area contributed by atoms with Gasteiger partial charge in [-0.25, -0.2) is 15.8 Å².